The Morgan fingerprint density at radius 1 is 0.947 bits per heavy atom. The third kappa shape index (κ3) is 1.87. The van der Waals surface area contributed by atoms with Crippen molar-refractivity contribution in [1.29, 1.82) is 0 Å². The van der Waals surface area contributed by atoms with Crippen molar-refractivity contribution in [3.05, 3.63) is 33.4 Å². The first-order chi connectivity index (χ1) is 9.23. The van der Waals surface area contributed by atoms with Gasteiger partial charge < -0.3 is 14.2 Å². The van der Waals surface area contributed by atoms with Crippen LogP contribution in [-0.2, 0) is 20.2 Å². The Hall–Kier alpha value is -0.170. The minimum atomic E-state index is -0.949. The van der Waals surface area contributed by atoms with Crippen LogP contribution in [0.4, 0.5) is 0 Å². The Kier molecular flexibility index (Phi) is 2.92. The monoisotopic (exact) mass is 372 g/mol. The van der Waals surface area contributed by atoms with Gasteiger partial charge in [-0.15, -0.1) is 0 Å². The molecule has 3 heterocycles. The van der Waals surface area contributed by atoms with E-state index in [1.165, 1.54) is 22.8 Å². The molecule has 1 aromatic carbocycles. The predicted octanol–water partition coefficient (Wildman–Crippen LogP) is 3.27. The number of rotatable bonds is 2. The molecule has 0 aromatic heterocycles. The van der Waals surface area contributed by atoms with E-state index in [2.05, 4.69) is 34.7 Å². The number of benzene rings is 1. The van der Waals surface area contributed by atoms with E-state index in [0.717, 1.165) is 31.3 Å². The van der Waals surface area contributed by atoms with Crippen LogP contribution in [0, 0.1) is 14.9 Å². The van der Waals surface area contributed by atoms with Gasteiger partial charge in [0.2, 0.25) is 0 Å². The molecule has 0 radical (unpaired) electrons. The van der Waals surface area contributed by atoms with Gasteiger partial charge in [0.05, 0.1) is 19.8 Å². The lowest BCUT2D eigenvalue weighted by Gasteiger charge is -2.56. The summed E-state index contributed by atoms with van der Waals surface area (Å²) >= 11 is 2.30. The van der Waals surface area contributed by atoms with Crippen LogP contribution in [0.25, 0.3) is 0 Å². The molecule has 0 atom stereocenters. The van der Waals surface area contributed by atoms with Crippen LogP contribution in [0.1, 0.15) is 24.8 Å². The lowest BCUT2D eigenvalue weighted by Crippen LogP contribution is -2.61. The van der Waals surface area contributed by atoms with Crippen LogP contribution in [0.5, 0.6) is 0 Å². The molecular weight excluding hydrogens is 355 g/mol. The SMILES string of the molecule is Ic1ccc(C23OCC(C4CCC4)(CO2)CO3)cc1. The largest absolute Gasteiger partial charge is 0.323 e. The smallest absolute Gasteiger partial charge is 0.312 e. The van der Waals surface area contributed by atoms with Crippen LogP contribution in [-0.4, -0.2) is 19.8 Å². The maximum atomic E-state index is 6.00. The quantitative estimate of drug-likeness (QED) is 0.746. The molecule has 3 saturated heterocycles. The van der Waals surface area contributed by atoms with Crippen molar-refractivity contribution < 1.29 is 14.2 Å². The summed E-state index contributed by atoms with van der Waals surface area (Å²) in [6.45, 7) is 2.30. The first-order valence-electron chi connectivity index (χ1n) is 6.90. The van der Waals surface area contributed by atoms with Crippen molar-refractivity contribution in [3.8, 4) is 0 Å². The van der Waals surface area contributed by atoms with Gasteiger partial charge in [0.25, 0.3) is 0 Å². The van der Waals surface area contributed by atoms with Crippen molar-refractivity contribution in [2.45, 2.75) is 25.2 Å². The Morgan fingerprint density at radius 2 is 1.53 bits per heavy atom. The molecule has 4 aliphatic rings. The molecule has 1 aromatic rings. The van der Waals surface area contributed by atoms with Crippen LogP contribution >= 0.6 is 22.6 Å². The number of ether oxygens (including phenoxy) is 3. The minimum absolute atomic E-state index is 0.114. The molecule has 3 aliphatic heterocycles. The molecule has 1 aliphatic carbocycles. The van der Waals surface area contributed by atoms with E-state index in [4.69, 9.17) is 14.2 Å². The molecule has 102 valence electrons. The van der Waals surface area contributed by atoms with Crippen molar-refractivity contribution in [2.75, 3.05) is 19.8 Å². The summed E-state index contributed by atoms with van der Waals surface area (Å²) in [4.78, 5) is 0. The van der Waals surface area contributed by atoms with Gasteiger partial charge >= 0.3 is 5.97 Å². The topological polar surface area (TPSA) is 27.7 Å². The van der Waals surface area contributed by atoms with Crippen molar-refractivity contribution >= 4 is 22.6 Å². The predicted molar refractivity (Wildman–Crippen MR) is 78.5 cm³/mol. The third-order valence-corrected chi connectivity index (χ3v) is 5.54. The zero-order valence-corrected chi connectivity index (χ0v) is 12.9. The number of hydrogen-bond donors (Lipinski definition) is 0. The molecule has 2 bridgehead atoms. The van der Waals surface area contributed by atoms with Gasteiger partial charge in [-0.3, -0.25) is 0 Å². The average Bonchev–Trinajstić information content (AvgIpc) is 2.39. The molecule has 0 amide bonds. The fourth-order valence-corrected chi connectivity index (χ4v) is 3.60. The van der Waals surface area contributed by atoms with Crippen molar-refractivity contribution in [2.24, 2.45) is 11.3 Å². The highest BCUT2D eigenvalue weighted by atomic mass is 127. The van der Waals surface area contributed by atoms with E-state index in [0.29, 0.717) is 0 Å². The van der Waals surface area contributed by atoms with Gasteiger partial charge in [0, 0.05) is 14.5 Å². The minimum Gasteiger partial charge on any atom is -0.323 e. The standard InChI is InChI=1S/C15H17IO3/c16-13-6-4-12(5-7-13)15-17-8-14(9-18-15,10-19-15)11-2-1-3-11/h4-7,11H,1-3,8-10H2. The van der Waals surface area contributed by atoms with Crippen molar-refractivity contribution in [1.82, 2.24) is 0 Å². The van der Waals surface area contributed by atoms with Crippen molar-refractivity contribution in [3.63, 3.8) is 0 Å². The molecule has 4 fully saturated rings. The molecule has 3 nitrogen and oxygen atoms in total. The van der Waals surface area contributed by atoms with E-state index in [-0.39, 0.29) is 5.41 Å². The van der Waals surface area contributed by atoms with E-state index in [1.807, 2.05) is 12.1 Å². The summed E-state index contributed by atoms with van der Waals surface area (Å²) in [5, 5.41) is 0. The first-order valence-corrected chi connectivity index (χ1v) is 7.98. The Bertz CT molecular complexity index is 456. The lowest BCUT2D eigenvalue weighted by atomic mass is 9.65. The van der Waals surface area contributed by atoms with E-state index in [1.54, 1.807) is 0 Å². The zero-order chi connectivity index (χ0) is 12.9. The van der Waals surface area contributed by atoms with Gasteiger partial charge in [-0.1, -0.05) is 6.42 Å². The van der Waals surface area contributed by atoms with Gasteiger partial charge in [0.1, 0.15) is 0 Å². The van der Waals surface area contributed by atoms with Crippen LogP contribution in [0.2, 0.25) is 0 Å². The molecule has 0 spiro atoms. The molecule has 5 rings (SSSR count). The highest BCUT2D eigenvalue weighted by molar-refractivity contribution is 14.1. The summed E-state index contributed by atoms with van der Waals surface area (Å²) in [5.41, 5.74) is 1.08. The lowest BCUT2D eigenvalue weighted by molar-refractivity contribution is -0.487. The molecular formula is C15H17IO3. The molecule has 1 saturated carbocycles. The van der Waals surface area contributed by atoms with E-state index >= 15 is 0 Å². The van der Waals surface area contributed by atoms with Crippen LogP contribution in [0.15, 0.2) is 24.3 Å². The maximum Gasteiger partial charge on any atom is 0.312 e. The fraction of sp³-hybridized carbons (Fsp3) is 0.600. The summed E-state index contributed by atoms with van der Waals surface area (Å²) in [6, 6.07) is 8.18. The molecule has 0 unspecified atom stereocenters. The normalized spacial score (nSPS) is 38.2. The second kappa shape index (κ2) is 4.41. The Balaban J connectivity index is 1.58. The van der Waals surface area contributed by atoms with Crippen LogP contribution < -0.4 is 0 Å². The Labute approximate surface area is 126 Å². The van der Waals surface area contributed by atoms with Gasteiger partial charge in [0.15, 0.2) is 0 Å². The summed E-state index contributed by atoms with van der Waals surface area (Å²) < 4.78 is 19.2. The number of fused-ring (bicyclic) bond motifs is 3. The fourth-order valence-electron chi connectivity index (χ4n) is 3.24. The average molecular weight is 372 g/mol. The molecule has 0 N–H and O–H groups in total. The van der Waals surface area contributed by atoms with E-state index < -0.39 is 5.97 Å². The zero-order valence-electron chi connectivity index (χ0n) is 10.7. The van der Waals surface area contributed by atoms with E-state index in [9.17, 15) is 0 Å². The van der Waals surface area contributed by atoms with Gasteiger partial charge in [-0.05, 0) is 65.6 Å². The second-order valence-electron chi connectivity index (χ2n) is 5.92. The Morgan fingerprint density at radius 3 is 2.00 bits per heavy atom. The third-order valence-electron chi connectivity index (χ3n) is 4.82. The highest BCUT2D eigenvalue weighted by Crippen LogP contribution is 2.52. The number of hydrogen-bond acceptors (Lipinski definition) is 3. The summed E-state index contributed by atoms with van der Waals surface area (Å²) in [6.07, 6.45) is 3.94. The molecule has 19 heavy (non-hydrogen) atoms. The van der Waals surface area contributed by atoms with Gasteiger partial charge in [-0.2, -0.15) is 0 Å². The van der Waals surface area contributed by atoms with Gasteiger partial charge in [-0.25, -0.2) is 0 Å². The van der Waals surface area contributed by atoms with Crippen LogP contribution in [0.3, 0.4) is 0 Å². The number of halogens is 1. The highest BCUT2D eigenvalue weighted by Gasteiger charge is 2.57. The summed E-state index contributed by atoms with van der Waals surface area (Å²) in [5.74, 6) is -0.224. The maximum absolute atomic E-state index is 6.00. The second-order valence-corrected chi connectivity index (χ2v) is 7.16. The molecule has 4 heteroatoms. The summed E-state index contributed by atoms with van der Waals surface area (Å²) in [7, 11) is 0. The first kappa shape index (κ1) is 12.6.